The third kappa shape index (κ3) is 7.06. The molecule has 0 radical (unpaired) electrons. The first kappa shape index (κ1) is 22.0. The van der Waals surface area contributed by atoms with Gasteiger partial charge in [0, 0.05) is 13.1 Å². The third-order valence-corrected chi connectivity index (χ3v) is 4.99. The summed E-state index contributed by atoms with van der Waals surface area (Å²) in [5, 5.41) is 27.0. The van der Waals surface area contributed by atoms with Crippen LogP contribution in [0.2, 0.25) is 19.6 Å². The molecule has 5 N–H and O–H groups in total. The number of hydroxylamine groups is 1. The first-order valence-electron chi connectivity index (χ1n) is 7.19. The van der Waals surface area contributed by atoms with E-state index in [1.54, 1.807) is 0 Å². The van der Waals surface area contributed by atoms with Crippen molar-refractivity contribution < 1.29 is 39.3 Å². The number of hydrogen-bond acceptors (Lipinski definition) is 7. The second-order valence-corrected chi connectivity index (χ2v) is 11.3. The fourth-order valence-electron chi connectivity index (χ4n) is 2.10. The maximum absolute atomic E-state index is 12.5. The van der Waals surface area contributed by atoms with E-state index < -0.39 is 56.8 Å². The van der Waals surface area contributed by atoms with Gasteiger partial charge in [-0.15, -0.1) is 0 Å². The van der Waals surface area contributed by atoms with Crippen molar-refractivity contribution in [2.45, 2.75) is 38.9 Å². The highest BCUT2D eigenvalue weighted by Crippen LogP contribution is 2.34. The Kier molecular flexibility index (Phi) is 8.03. The van der Waals surface area contributed by atoms with Gasteiger partial charge in [0.25, 0.3) is 0 Å². The van der Waals surface area contributed by atoms with Gasteiger partial charge in [-0.3, -0.25) is 14.4 Å². The van der Waals surface area contributed by atoms with Crippen molar-refractivity contribution in [1.82, 2.24) is 4.73 Å². The largest absolute Gasteiger partial charge is 0.481 e. The molecule has 10 nitrogen and oxygen atoms in total. The molecule has 0 unspecified atom stereocenters. The van der Waals surface area contributed by atoms with Crippen LogP contribution in [0.4, 0.5) is 0 Å². The van der Waals surface area contributed by atoms with Crippen molar-refractivity contribution in [1.29, 1.82) is 0 Å². The van der Waals surface area contributed by atoms with Gasteiger partial charge in [-0.1, -0.05) is 19.6 Å². The molecule has 0 fully saturated rings. The van der Waals surface area contributed by atoms with Gasteiger partial charge < -0.3 is 25.9 Å². The van der Waals surface area contributed by atoms with E-state index in [2.05, 4.69) is 0 Å². The van der Waals surface area contributed by atoms with Crippen molar-refractivity contribution in [3.63, 3.8) is 0 Å². The van der Waals surface area contributed by atoms with E-state index >= 15 is 0 Å². The lowest BCUT2D eigenvalue weighted by atomic mass is 9.78. The molecule has 0 aromatic rings. The van der Waals surface area contributed by atoms with E-state index in [1.165, 1.54) is 4.73 Å². The molecule has 0 aliphatic carbocycles. The molecule has 0 heterocycles. The Labute approximate surface area is 140 Å². The SMILES string of the molecule is C[Si](C)(C)N(CCN)OC(=O)C(CC(=O)O)(CC(=O)O)CC(=O)O. The summed E-state index contributed by atoms with van der Waals surface area (Å²) in [6.07, 6.45) is -2.90. The molecule has 138 valence electrons. The summed E-state index contributed by atoms with van der Waals surface area (Å²) in [7, 11) is -2.20. The lowest BCUT2D eigenvalue weighted by Gasteiger charge is -2.35. The van der Waals surface area contributed by atoms with Gasteiger partial charge in [0.1, 0.15) is 5.41 Å². The molecule has 0 rings (SSSR count). The minimum Gasteiger partial charge on any atom is -0.481 e. The molecule has 0 aromatic heterocycles. The Balaban J connectivity index is 5.72. The lowest BCUT2D eigenvalue weighted by molar-refractivity contribution is -0.191. The summed E-state index contributed by atoms with van der Waals surface area (Å²) in [5.74, 6) is -5.67. The van der Waals surface area contributed by atoms with E-state index in [-0.39, 0.29) is 13.1 Å². The number of carbonyl (C=O) groups excluding carboxylic acids is 1. The van der Waals surface area contributed by atoms with Crippen molar-refractivity contribution >= 4 is 32.1 Å². The molecule has 0 bridgehead atoms. The highest BCUT2D eigenvalue weighted by Gasteiger charge is 2.47. The molecule has 0 aromatic carbocycles. The van der Waals surface area contributed by atoms with Gasteiger partial charge >= 0.3 is 23.9 Å². The molecular formula is C13H24N2O8Si. The number of carboxylic acids is 3. The maximum atomic E-state index is 12.5. The van der Waals surface area contributed by atoms with Crippen molar-refractivity contribution in [2.24, 2.45) is 11.1 Å². The fraction of sp³-hybridized carbons (Fsp3) is 0.692. The van der Waals surface area contributed by atoms with Crippen LogP contribution in [0, 0.1) is 5.41 Å². The number of rotatable bonds is 11. The van der Waals surface area contributed by atoms with Crippen LogP contribution in [0.15, 0.2) is 0 Å². The van der Waals surface area contributed by atoms with Crippen LogP contribution in [0.25, 0.3) is 0 Å². The summed E-state index contributed by atoms with van der Waals surface area (Å²) < 4.78 is 1.32. The number of carbonyl (C=O) groups is 4. The standard InChI is InChI=1S/C13H24N2O8Si/c1-24(2,3)15(5-4-14)23-12(22)13(6-9(16)17,7-10(18)19)8-11(20)21/h4-8,14H2,1-3H3,(H,16,17)(H,18,19)(H,20,21). The molecule has 0 saturated carbocycles. The maximum Gasteiger partial charge on any atom is 0.332 e. The first-order valence-corrected chi connectivity index (χ1v) is 10.6. The number of carboxylic acid groups (broad SMARTS) is 3. The van der Waals surface area contributed by atoms with Gasteiger partial charge in [-0.2, -0.15) is 4.73 Å². The van der Waals surface area contributed by atoms with Crippen LogP contribution in [-0.2, 0) is 24.0 Å². The van der Waals surface area contributed by atoms with Crippen LogP contribution in [0.3, 0.4) is 0 Å². The highest BCUT2D eigenvalue weighted by atomic mass is 28.3. The second-order valence-electron chi connectivity index (χ2n) is 6.43. The molecular weight excluding hydrogens is 340 g/mol. The van der Waals surface area contributed by atoms with E-state index in [1.807, 2.05) is 19.6 Å². The van der Waals surface area contributed by atoms with E-state index in [0.717, 1.165) is 0 Å². The minimum absolute atomic E-state index is 0.154. The van der Waals surface area contributed by atoms with Gasteiger partial charge in [-0.25, -0.2) is 4.79 Å². The van der Waals surface area contributed by atoms with Crippen LogP contribution >= 0.6 is 0 Å². The number of nitrogens with zero attached hydrogens (tertiary/aromatic N) is 1. The van der Waals surface area contributed by atoms with E-state index in [9.17, 15) is 19.2 Å². The molecule has 0 atom stereocenters. The normalized spacial score (nSPS) is 12.0. The van der Waals surface area contributed by atoms with Gasteiger partial charge in [-0.05, 0) is 0 Å². The smallest absolute Gasteiger partial charge is 0.332 e. The molecule has 0 aliphatic rings. The van der Waals surface area contributed by atoms with E-state index in [4.69, 9.17) is 25.9 Å². The summed E-state index contributed by atoms with van der Waals surface area (Å²) in [6, 6.07) is 0. The molecule has 0 spiro atoms. The Hall–Kier alpha value is -1.98. The average Bonchev–Trinajstić information content (AvgIpc) is 2.34. The zero-order valence-corrected chi connectivity index (χ0v) is 14.9. The monoisotopic (exact) mass is 364 g/mol. The highest BCUT2D eigenvalue weighted by molar-refractivity contribution is 6.73. The van der Waals surface area contributed by atoms with Gasteiger partial charge in [0.2, 0.25) is 0 Å². The zero-order valence-electron chi connectivity index (χ0n) is 13.9. The van der Waals surface area contributed by atoms with Crippen LogP contribution in [0.5, 0.6) is 0 Å². The van der Waals surface area contributed by atoms with Crippen LogP contribution in [0.1, 0.15) is 19.3 Å². The summed E-state index contributed by atoms with van der Waals surface area (Å²) in [5.41, 5.74) is 3.26. The first-order chi connectivity index (χ1) is 10.8. The van der Waals surface area contributed by atoms with E-state index in [0.29, 0.717) is 0 Å². The molecule has 0 aliphatic heterocycles. The minimum atomic E-state index is -2.20. The van der Waals surface area contributed by atoms with Gasteiger partial charge in [0.15, 0.2) is 8.24 Å². The Bertz CT molecular complexity index is 462. The Morgan fingerprint density at radius 2 is 1.33 bits per heavy atom. The predicted octanol–water partition coefficient (Wildman–Crippen LogP) is -0.0493. The molecule has 0 saturated heterocycles. The fourth-order valence-corrected chi connectivity index (χ4v) is 3.26. The van der Waals surface area contributed by atoms with Crippen molar-refractivity contribution in [3.8, 4) is 0 Å². The van der Waals surface area contributed by atoms with Crippen LogP contribution < -0.4 is 5.73 Å². The molecule has 24 heavy (non-hydrogen) atoms. The topological polar surface area (TPSA) is 167 Å². The van der Waals surface area contributed by atoms with Crippen LogP contribution in [-0.4, -0.2) is 65.3 Å². The van der Waals surface area contributed by atoms with Gasteiger partial charge in [0.05, 0.1) is 19.3 Å². The van der Waals surface area contributed by atoms with Crippen molar-refractivity contribution in [2.75, 3.05) is 13.1 Å². The molecule has 0 amide bonds. The zero-order chi connectivity index (χ0) is 19.1. The number of aliphatic carboxylic acids is 3. The summed E-state index contributed by atoms with van der Waals surface area (Å²) in [6.45, 7) is 5.84. The average molecular weight is 364 g/mol. The Morgan fingerprint density at radius 3 is 1.58 bits per heavy atom. The number of hydrogen-bond donors (Lipinski definition) is 4. The number of nitrogens with two attached hydrogens (primary N) is 1. The molecule has 11 heteroatoms. The lowest BCUT2D eigenvalue weighted by Crippen LogP contribution is -2.52. The summed E-state index contributed by atoms with van der Waals surface area (Å²) in [4.78, 5) is 51.0. The summed E-state index contributed by atoms with van der Waals surface area (Å²) >= 11 is 0. The second kappa shape index (κ2) is 8.75. The third-order valence-electron chi connectivity index (χ3n) is 3.18. The Morgan fingerprint density at radius 1 is 0.958 bits per heavy atom. The van der Waals surface area contributed by atoms with Crippen molar-refractivity contribution in [3.05, 3.63) is 0 Å². The quantitative estimate of drug-likeness (QED) is 0.288. The predicted molar refractivity (Wildman–Crippen MR) is 84.4 cm³/mol.